The highest BCUT2D eigenvalue weighted by atomic mass is 16.3. The third-order valence-electron chi connectivity index (χ3n) is 5.47. The minimum absolute atomic E-state index is 0.00120. The number of nitrogens with one attached hydrogen (secondary N) is 1. The summed E-state index contributed by atoms with van der Waals surface area (Å²) in [6.45, 7) is 9.98. The fourth-order valence-electron chi connectivity index (χ4n) is 3.76. The average Bonchev–Trinajstić information content (AvgIpc) is 3.15. The molecule has 0 bridgehead atoms. The van der Waals surface area contributed by atoms with E-state index in [0.29, 0.717) is 18.8 Å². The zero-order chi connectivity index (χ0) is 19.1. The predicted molar refractivity (Wildman–Crippen MR) is 104 cm³/mol. The van der Waals surface area contributed by atoms with E-state index in [1.165, 1.54) is 32.4 Å². The van der Waals surface area contributed by atoms with Crippen molar-refractivity contribution in [2.75, 3.05) is 58.9 Å². The molecule has 0 aliphatic carbocycles. The summed E-state index contributed by atoms with van der Waals surface area (Å²) in [7, 11) is 0. The van der Waals surface area contributed by atoms with Gasteiger partial charge in [0.2, 0.25) is 11.7 Å². The molecule has 2 aliphatic heterocycles. The Hall–Kier alpha value is -1.70. The normalized spacial score (nSPS) is 19.4. The van der Waals surface area contributed by atoms with Crippen LogP contribution in [0, 0.1) is 0 Å². The molecule has 1 N–H and O–H groups in total. The highest BCUT2D eigenvalue weighted by Gasteiger charge is 2.20. The fourth-order valence-corrected chi connectivity index (χ4v) is 3.76. The Bertz CT molecular complexity index is 616. The van der Waals surface area contributed by atoms with Gasteiger partial charge in [-0.15, -0.1) is 0 Å². The van der Waals surface area contributed by atoms with E-state index in [2.05, 4.69) is 15.1 Å². The van der Waals surface area contributed by atoms with Crippen molar-refractivity contribution in [3.05, 3.63) is 23.7 Å². The topological polar surface area (TPSA) is 69.0 Å². The first kappa shape index (κ1) is 20.0. The standard InChI is InChI=1S/C20H32N4O3/c1-17(25)24-13-11-23(12-14-24)16-18-5-6-20(27-18)19(26)15-21-7-10-22-8-3-2-4-9-22/h5-6,21H,2-4,7-16H2,1H3. The van der Waals surface area contributed by atoms with Gasteiger partial charge in [-0.2, -0.15) is 0 Å². The summed E-state index contributed by atoms with van der Waals surface area (Å²) in [6, 6.07) is 3.66. The van der Waals surface area contributed by atoms with E-state index in [0.717, 1.165) is 45.0 Å². The Balaban J connectivity index is 1.35. The van der Waals surface area contributed by atoms with Crippen LogP contribution in [-0.4, -0.2) is 85.3 Å². The lowest BCUT2D eigenvalue weighted by Crippen LogP contribution is -2.47. The Morgan fingerprint density at radius 1 is 1.00 bits per heavy atom. The number of piperidine rings is 1. The van der Waals surface area contributed by atoms with Gasteiger partial charge in [0, 0.05) is 46.2 Å². The molecule has 1 aromatic rings. The lowest BCUT2D eigenvalue weighted by molar-refractivity contribution is -0.130. The van der Waals surface area contributed by atoms with Gasteiger partial charge in [0.1, 0.15) is 5.76 Å². The predicted octanol–water partition coefficient (Wildman–Crippen LogP) is 1.20. The van der Waals surface area contributed by atoms with E-state index < -0.39 is 0 Å². The second kappa shape index (κ2) is 10.0. The lowest BCUT2D eigenvalue weighted by atomic mass is 10.1. The molecule has 7 nitrogen and oxygen atoms in total. The molecule has 0 atom stereocenters. The molecule has 150 valence electrons. The van der Waals surface area contributed by atoms with E-state index in [4.69, 9.17) is 4.42 Å². The van der Waals surface area contributed by atoms with Crippen LogP contribution in [0.3, 0.4) is 0 Å². The number of hydrogen-bond acceptors (Lipinski definition) is 6. The van der Waals surface area contributed by atoms with Crippen LogP contribution < -0.4 is 5.32 Å². The molecule has 3 rings (SSSR count). The second-order valence-corrected chi connectivity index (χ2v) is 7.55. The lowest BCUT2D eigenvalue weighted by Gasteiger charge is -2.33. The number of ketones is 1. The molecule has 0 unspecified atom stereocenters. The van der Waals surface area contributed by atoms with Crippen LogP contribution >= 0.6 is 0 Å². The van der Waals surface area contributed by atoms with Crippen LogP contribution in [0.4, 0.5) is 0 Å². The summed E-state index contributed by atoms with van der Waals surface area (Å²) >= 11 is 0. The van der Waals surface area contributed by atoms with Crippen LogP contribution in [0.5, 0.6) is 0 Å². The summed E-state index contributed by atoms with van der Waals surface area (Å²) in [4.78, 5) is 30.2. The van der Waals surface area contributed by atoms with Crippen LogP contribution in [0.1, 0.15) is 42.5 Å². The van der Waals surface area contributed by atoms with E-state index in [1.54, 1.807) is 13.0 Å². The van der Waals surface area contributed by atoms with Crippen molar-refractivity contribution in [3.8, 4) is 0 Å². The van der Waals surface area contributed by atoms with Crippen LogP contribution in [0.2, 0.25) is 0 Å². The molecule has 2 saturated heterocycles. The summed E-state index contributed by atoms with van der Waals surface area (Å²) in [5, 5.41) is 3.24. The van der Waals surface area contributed by atoms with Crippen molar-refractivity contribution in [1.29, 1.82) is 0 Å². The molecular formula is C20H32N4O3. The van der Waals surface area contributed by atoms with E-state index >= 15 is 0 Å². The minimum atomic E-state index is 0.00120. The monoisotopic (exact) mass is 376 g/mol. The first-order valence-electron chi connectivity index (χ1n) is 10.1. The summed E-state index contributed by atoms with van der Waals surface area (Å²) in [6.07, 6.45) is 3.92. The van der Waals surface area contributed by atoms with Crippen LogP contribution in [-0.2, 0) is 11.3 Å². The number of carbonyl (C=O) groups excluding carboxylic acids is 2. The van der Waals surface area contributed by atoms with Gasteiger partial charge < -0.3 is 19.5 Å². The minimum Gasteiger partial charge on any atom is -0.457 e. The molecule has 0 spiro atoms. The Kier molecular flexibility index (Phi) is 7.43. The van der Waals surface area contributed by atoms with Gasteiger partial charge in [-0.05, 0) is 38.1 Å². The number of nitrogens with zero attached hydrogens (tertiary/aromatic N) is 3. The highest BCUT2D eigenvalue weighted by Crippen LogP contribution is 2.13. The summed E-state index contributed by atoms with van der Waals surface area (Å²) in [5.74, 6) is 1.37. The number of furan rings is 1. The van der Waals surface area contributed by atoms with Gasteiger partial charge in [0.25, 0.3) is 0 Å². The van der Waals surface area contributed by atoms with Gasteiger partial charge in [-0.25, -0.2) is 0 Å². The summed E-state index contributed by atoms with van der Waals surface area (Å²) in [5.41, 5.74) is 0. The van der Waals surface area contributed by atoms with Crippen molar-refractivity contribution in [3.63, 3.8) is 0 Å². The molecular weight excluding hydrogens is 344 g/mol. The van der Waals surface area contributed by atoms with Crippen molar-refractivity contribution in [2.24, 2.45) is 0 Å². The van der Waals surface area contributed by atoms with Gasteiger partial charge in [0.05, 0.1) is 13.1 Å². The maximum atomic E-state index is 12.3. The van der Waals surface area contributed by atoms with Crippen molar-refractivity contribution < 1.29 is 14.0 Å². The van der Waals surface area contributed by atoms with Gasteiger partial charge in [0.15, 0.2) is 5.76 Å². The average molecular weight is 377 g/mol. The zero-order valence-corrected chi connectivity index (χ0v) is 16.4. The molecule has 27 heavy (non-hydrogen) atoms. The summed E-state index contributed by atoms with van der Waals surface area (Å²) < 4.78 is 5.75. The molecule has 1 amide bonds. The smallest absolute Gasteiger partial charge is 0.219 e. The SMILES string of the molecule is CC(=O)N1CCN(Cc2ccc(C(=O)CNCCN3CCCCC3)o2)CC1. The Morgan fingerprint density at radius 3 is 2.44 bits per heavy atom. The molecule has 1 aromatic heterocycles. The molecule has 0 aromatic carbocycles. The maximum absolute atomic E-state index is 12.3. The zero-order valence-electron chi connectivity index (χ0n) is 16.4. The number of piperazine rings is 1. The Labute approximate surface area is 161 Å². The van der Waals surface area contributed by atoms with Gasteiger partial charge in [-0.3, -0.25) is 14.5 Å². The quantitative estimate of drug-likeness (QED) is 0.543. The number of hydrogen-bond donors (Lipinski definition) is 1. The third kappa shape index (κ3) is 6.16. The van der Waals surface area contributed by atoms with Gasteiger partial charge in [-0.1, -0.05) is 6.42 Å². The molecule has 7 heteroatoms. The van der Waals surface area contributed by atoms with E-state index in [1.807, 2.05) is 11.0 Å². The number of carbonyl (C=O) groups is 2. The van der Waals surface area contributed by atoms with E-state index in [9.17, 15) is 9.59 Å². The Morgan fingerprint density at radius 2 is 1.74 bits per heavy atom. The van der Waals surface area contributed by atoms with Crippen LogP contribution in [0.25, 0.3) is 0 Å². The first-order valence-corrected chi connectivity index (χ1v) is 10.1. The number of rotatable bonds is 8. The van der Waals surface area contributed by atoms with Crippen molar-refractivity contribution in [1.82, 2.24) is 20.0 Å². The number of amides is 1. The largest absolute Gasteiger partial charge is 0.457 e. The fraction of sp³-hybridized carbons (Fsp3) is 0.700. The van der Waals surface area contributed by atoms with Gasteiger partial charge >= 0.3 is 0 Å². The molecule has 3 heterocycles. The van der Waals surface area contributed by atoms with Crippen molar-refractivity contribution in [2.45, 2.75) is 32.7 Å². The highest BCUT2D eigenvalue weighted by molar-refractivity contribution is 5.95. The van der Waals surface area contributed by atoms with E-state index in [-0.39, 0.29) is 11.7 Å². The molecule has 0 radical (unpaired) electrons. The number of likely N-dealkylation sites (tertiary alicyclic amines) is 1. The number of Topliss-reactive ketones (excluding diaryl/α,β-unsaturated/α-hetero) is 1. The maximum Gasteiger partial charge on any atom is 0.219 e. The molecule has 0 saturated carbocycles. The van der Waals surface area contributed by atoms with Crippen LogP contribution in [0.15, 0.2) is 16.5 Å². The molecule has 2 aliphatic rings. The second-order valence-electron chi connectivity index (χ2n) is 7.55. The first-order chi connectivity index (χ1) is 13.1. The van der Waals surface area contributed by atoms with Crippen molar-refractivity contribution >= 4 is 11.7 Å². The third-order valence-corrected chi connectivity index (χ3v) is 5.47. The molecule has 2 fully saturated rings.